The van der Waals surface area contributed by atoms with Gasteiger partial charge in [0, 0.05) is 19.3 Å². The van der Waals surface area contributed by atoms with Gasteiger partial charge in [0.15, 0.2) is 0 Å². The third-order valence-corrected chi connectivity index (χ3v) is 1.62. The standard InChI is InChI=1S/C10H16N4/c1-3-6-11-9-5-8-13-10(14-9)12-7-4-2/h4-5,8H,2-3,6-7H2,1H3,(H2,11,12,13,14). The third-order valence-electron chi connectivity index (χ3n) is 1.62. The highest BCUT2D eigenvalue weighted by Crippen LogP contribution is 2.04. The molecule has 0 fully saturated rings. The van der Waals surface area contributed by atoms with E-state index in [0.717, 1.165) is 18.8 Å². The highest BCUT2D eigenvalue weighted by atomic mass is 15.1. The second-order valence-electron chi connectivity index (χ2n) is 2.86. The lowest BCUT2D eigenvalue weighted by atomic mass is 10.4. The predicted octanol–water partition coefficient (Wildman–Crippen LogP) is 1.90. The van der Waals surface area contributed by atoms with Crippen LogP contribution >= 0.6 is 0 Å². The number of rotatable bonds is 6. The summed E-state index contributed by atoms with van der Waals surface area (Å²) in [5, 5.41) is 6.23. The fraction of sp³-hybridized carbons (Fsp3) is 0.400. The van der Waals surface area contributed by atoms with Gasteiger partial charge in [-0.2, -0.15) is 4.98 Å². The summed E-state index contributed by atoms with van der Waals surface area (Å²) in [5.74, 6) is 1.49. The molecular formula is C10H16N4. The quantitative estimate of drug-likeness (QED) is 0.676. The van der Waals surface area contributed by atoms with Crippen molar-refractivity contribution in [2.75, 3.05) is 23.7 Å². The number of aromatic nitrogens is 2. The Bertz CT molecular complexity index is 285. The molecule has 1 aromatic heterocycles. The zero-order chi connectivity index (χ0) is 10.2. The molecular weight excluding hydrogens is 176 g/mol. The molecule has 1 aromatic rings. The van der Waals surface area contributed by atoms with Crippen LogP contribution < -0.4 is 10.6 Å². The Morgan fingerprint density at radius 2 is 2.36 bits per heavy atom. The molecule has 0 amide bonds. The Kier molecular flexibility index (Phi) is 4.47. The minimum absolute atomic E-state index is 0.631. The molecule has 0 aliphatic heterocycles. The fourth-order valence-corrected chi connectivity index (χ4v) is 0.959. The maximum atomic E-state index is 4.27. The maximum absolute atomic E-state index is 4.27. The zero-order valence-corrected chi connectivity index (χ0v) is 8.45. The van der Waals surface area contributed by atoms with Crippen LogP contribution in [0.5, 0.6) is 0 Å². The number of hydrogen-bond acceptors (Lipinski definition) is 4. The molecule has 1 heterocycles. The van der Waals surface area contributed by atoms with Crippen molar-refractivity contribution in [1.82, 2.24) is 9.97 Å². The van der Waals surface area contributed by atoms with Gasteiger partial charge >= 0.3 is 0 Å². The summed E-state index contributed by atoms with van der Waals surface area (Å²) < 4.78 is 0. The smallest absolute Gasteiger partial charge is 0.224 e. The number of nitrogens with one attached hydrogen (secondary N) is 2. The molecule has 14 heavy (non-hydrogen) atoms. The lowest BCUT2D eigenvalue weighted by Crippen LogP contribution is -2.06. The average Bonchev–Trinajstić information content (AvgIpc) is 2.24. The minimum atomic E-state index is 0.631. The summed E-state index contributed by atoms with van der Waals surface area (Å²) >= 11 is 0. The van der Waals surface area contributed by atoms with Crippen LogP contribution in [0.2, 0.25) is 0 Å². The average molecular weight is 192 g/mol. The normalized spacial score (nSPS) is 9.50. The molecule has 1 rings (SSSR count). The van der Waals surface area contributed by atoms with E-state index in [1.807, 2.05) is 6.07 Å². The molecule has 0 aliphatic carbocycles. The molecule has 0 radical (unpaired) electrons. The van der Waals surface area contributed by atoms with Crippen LogP contribution in [-0.2, 0) is 0 Å². The summed E-state index contributed by atoms with van der Waals surface area (Å²) in [4.78, 5) is 8.34. The van der Waals surface area contributed by atoms with E-state index in [4.69, 9.17) is 0 Å². The first-order valence-electron chi connectivity index (χ1n) is 4.78. The Balaban J connectivity index is 2.54. The third kappa shape index (κ3) is 3.43. The highest BCUT2D eigenvalue weighted by Gasteiger charge is 1.95. The summed E-state index contributed by atoms with van der Waals surface area (Å²) in [6.07, 6.45) is 4.59. The highest BCUT2D eigenvalue weighted by molar-refractivity contribution is 5.39. The molecule has 0 saturated heterocycles. The van der Waals surface area contributed by atoms with Crippen LogP contribution in [0, 0.1) is 0 Å². The van der Waals surface area contributed by atoms with Crippen molar-refractivity contribution < 1.29 is 0 Å². The molecule has 0 spiro atoms. The van der Waals surface area contributed by atoms with Gasteiger partial charge in [0.1, 0.15) is 5.82 Å². The van der Waals surface area contributed by atoms with Crippen LogP contribution in [0.1, 0.15) is 13.3 Å². The Hall–Kier alpha value is -1.58. The van der Waals surface area contributed by atoms with Crippen molar-refractivity contribution >= 4 is 11.8 Å². The van der Waals surface area contributed by atoms with Crippen LogP contribution in [0.25, 0.3) is 0 Å². The molecule has 0 unspecified atom stereocenters. The van der Waals surface area contributed by atoms with Crippen LogP contribution in [-0.4, -0.2) is 23.1 Å². The van der Waals surface area contributed by atoms with Gasteiger partial charge in [0.05, 0.1) is 0 Å². The summed E-state index contributed by atoms with van der Waals surface area (Å²) in [5.41, 5.74) is 0. The van der Waals surface area contributed by atoms with Crippen LogP contribution in [0.15, 0.2) is 24.9 Å². The van der Waals surface area contributed by atoms with Crippen molar-refractivity contribution in [1.29, 1.82) is 0 Å². The molecule has 76 valence electrons. The summed E-state index contributed by atoms with van der Waals surface area (Å²) in [7, 11) is 0. The van der Waals surface area contributed by atoms with E-state index in [1.165, 1.54) is 0 Å². The van der Waals surface area contributed by atoms with E-state index in [9.17, 15) is 0 Å². The molecule has 0 atom stereocenters. The van der Waals surface area contributed by atoms with Gasteiger partial charge in [-0.1, -0.05) is 13.0 Å². The van der Waals surface area contributed by atoms with E-state index in [0.29, 0.717) is 12.5 Å². The molecule has 0 bridgehead atoms. The van der Waals surface area contributed by atoms with Gasteiger partial charge in [0.2, 0.25) is 5.95 Å². The molecule has 4 heteroatoms. The van der Waals surface area contributed by atoms with E-state index < -0.39 is 0 Å². The van der Waals surface area contributed by atoms with Gasteiger partial charge in [-0.25, -0.2) is 4.98 Å². The van der Waals surface area contributed by atoms with E-state index in [2.05, 4.69) is 34.1 Å². The van der Waals surface area contributed by atoms with Crippen molar-refractivity contribution in [2.45, 2.75) is 13.3 Å². The topological polar surface area (TPSA) is 49.8 Å². The van der Waals surface area contributed by atoms with Crippen molar-refractivity contribution in [3.63, 3.8) is 0 Å². The second-order valence-corrected chi connectivity index (χ2v) is 2.86. The van der Waals surface area contributed by atoms with Crippen molar-refractivity contribution in [3.8, 4) is 0 Å². The maximum Gasteiger partial charge on any atom is 0.224 e. The van der Waals surface area contributed by atoms with Crippen molar-refractivity contribution in [2.24, 2.45) is 0 Å². The lowest BCUT2D eigenvalue weighted by Gasteiger charge is -2.05. The first kappa shape index (κ1) is 10.5. The summed E-state index contributed by atoms with van der Waals surface area (Å²) in [6, 6.07) is 1.86. The number of anilines is 2. The van der Waals surface area contributed by atoms with E-state index in [-0.39, 0.29) is 0 Å². The van der Waals surface area contributed by atoms with Gasteiger partial charge < -0.3 is 10.6 Å². The summed E-state index contributed by atoms with van der Waals surface area (Å²) in [6.45, 7) is 7.34. The Labute approximate surface area is 84.5 Å². The monoisotopic (exact) mass is 192 g/mol. The second kappa shape index (κ2) is 5.96. The van der Waals surface area contributed by atoms with Crippen LogP contribution in [0.3, 0.4) is 0 Å². The van der Waals surface area contributed by atoms with E-state index in [1.54, 1.807) is 12.3 Å². The van der Waals surface area contributed by atoms with Gasteiger partial charge in [-0.3, -0.25) is 0 Å². The van der Waals surface area contributed by atoms with E-state index >= 15 is 0 Å². The molecule has 0 aromatic carbocycles. The van der Waals surface area contributed by atoms with Gasteiger partial charge in [-0.15, -0.1) is 6.58 Å². The first-order chi connectivity index (χ1) is 6.86. The minimum Gasteiger partial charge on any atom is -0.370 e. The van der Waals surface area contributed by atoms with Gasteiger partial charge in [0.25, 0.3) is 0 Å². The first-order valence-corrected chi connectivity index (χ1v) is 4.78. The molecule has 0 aliphatic rings. The van der Waals surface area contributed by atoms with Crippen LogP contribution in [0.4, 0.5) is 11.8 Å². The fourth-order valence-electron chi connectivity index (χ4n) is 0.959. The predicted molar refractivity (Wildman–Crippen MR) is 59.5 cm³/mol. The number of nitrogens with zero attached hydrogens (tertiary/aromatic N) is 2. The lowest BCUT2D eigenvalue weighted by molar-refractivity contribution is 0.964. The Morgan fingerprint density at radius 1 is 1.50 bits per heavy atom. The molecule has 0 saturated carbocycles. The largest absolute Gasteiger partial charge is 0.370 e. The van der Waals surface area contributed by atoms with Crippen molar-refractivity contribution in [3.05, 3.63) is 24.9 Å². The SMILES string of the molecule is C=CCNc1nccc(NCCC)n1. The number of hydrogen-bond donors (Lipinski definition) is 2. The Morgan fingerprint density at radius 3 is 3.07 bits per heavy atom. The molecule has 2 N–H and O–H groups in total. The zero-order valence-electron chi connectivity index (χ0n) is 8.45. The van der Waals surface area contributed by atoms with Gasteiger partial charge in [-0.05, 0) is 12.5 Å². The molecule has 4 nitrogen and oxygen atoms in total.